The van der Waals surface area contributed by atoms with Crippen molar-refractivity contribution in [3.8, 4) is 22.3 Å². The van der Waals surface area contributed by atoms with Gasteiger partial charge >= 0.3 is 0 Å². The van der Waals surface area contributed by atoms with E-state index in [9.17, 15) is 18.0 Å². The van der Waals surface area contributed by atoms with Crippen LogP contribution < -0.4 is 11.1 Å². The number of hydrogen-bond acceptors (Lipinski definition) is 6. The largest absolute Gasteiger partial charge is 0.366 e. The molecule has 0 atom stereocenters. The summed E-state index contributed by atoms with van der Waals surface area (Å²) >= 11 is 0. The molecule has 1 aliphatic heterocycles. The van der Waals surface area contributed by atoms with Crippen LogP contribution in [0.25, 0.3) is 33.3 Å². The van der Waals surface area contributed by atoms with Crippen molar-refractivity contribution in [2.45, 2.75) is 45.1 Å². The Kier molecular flexibility index (Phi) is 8.26. The van der Waals surface area contributed by atoms with Crippen LogP contribution >= 0.6 is 0 Å². The van der Waals surface area contributed by atoms with Gasteiger partial charge in [-0.25, -0.2) is 17.4 Å². The van der Waals surface area contributed by atoms with E-state index in [-0.39, 0.29) is 10.8 Å². The average molecular weight is 636 g/mol. The lowest BCUT2D eigenvalue weighted by atomic mass is 9.92. The molecule has 0 unspecified atom stereocenters. The van der Waals surface area contributed by atoms with Crippen LogP contribution in [0, 0.1) is 20.8 Å². The third-order valence-corrected chi connectivity index (χ3v) is 10.8. The highest BCUT2D eigenvalue weighted by molar-refractivity contribution is 7.90. The molecule has 0 aliphatic carbocycles. The van der Waals surface area contributed by atoms with E-state index >= 15 is 0 Å². The number of primary amides is 1. The van der Waals surface area contributed by atoms with Crippen molar-refractivity contribution < 1.29 is 18.0 Å². The fraction of sp³-hybridized carbons (Fsp3) is 0.250. The van der Waals surface area contributed by atoms with E-state index in [0.29, 0.717) is 35.1 Å². The SMILES string of the molecule is CNC(=O)CCN1CCc2ccc(-c3cnc4c(c3)c(-c3ccc(C(N)=O)c(C)c3C)cn4S(=O)(=O)c3ccc(C)cc3)cc2C1. The molecule has 3 N–H and O–H groups in total. The Morgan fingerprint density at radius 3 is 2.39 bits per heavy atom. The van der Waals surface area contributed by atoms with E-state index < -0.39 is 15.9 Å². The smallest absolute Gasteiger partial charge is 0.269 e. The summed E-state index contributed by atoms with van der Waals surface area (Å²) in [4.78, 5) is 31.1. The molecule has 5 aromatic rings. The molecule has 0 saturated carbocycles. The Morgan fingerprint density at radius 1 is 0.913 bits per heavy atom. The number of rotatable bonds is 8. The molecule has 1 aliphatic rings. The molecule has 0 spiro atoms. The Bertz CT molecular complexity index is 2120. The standard InChI is InChI=1S/C36H37N5O4S/c1-22-5-9-29(10-6-22)46(44,45)41-21-33(30-11-12-31(35(37)43)24(3)23(30)2)32-18-27(19-39-36(32)41)26-8-7-25-13-15-40(20-28(25)17-26)16-14-34(42)38-4/h5-12,17-19,21H,13-16,20H2,1-4H3,(H2,37,43)(H,38,42). The average Bonchev–Trinajstić information content (AvgIpc) is 3.44. The molecule has 2 amide bonds. The first-order chi connectivity index (χ1) is 22.0. The number of nitrogens with one attached hydrogen (secondary N) is 1. The van der Waals surface area contributed by atoms with E-state index in [2.05, 4.69) is 28.4 Å². The van der Waals surface area contributed by atoms with Gasteiger partial charge in [0.1, 0.15) is 0 Å². The fourth-order valence-corrected chi connectivity index (χ4v) is 7.53. The summed E-state index contributed by atoms with van der Waals surface area (Å²) in [5, 5.41) is 3.36. The first-order valence-corrected chi connectivity index (χ1v) is 16.7. The number of pyridine rings is 1. The molecule has 46 heavy (non-hydrogen) atoms. The zero-order valence-electron chi connectivity index (χ0n) is 26.4. The van der Waals surface area contributed by atoms with Crippen LogP contribution in [0.1, 0.15) is 44.6 Å². The summed E-state index contributed by atoms with van der Waals surface area (Å²) in [6.07, 6.45) is 4.70. The van der Waals surface area contributed by atoms with Gasteiger partial charge in [0, 0.05) is 67.6 Å². The second kappa shape index (κ2) is 12.2. The fourth-order valence-electron chi connectivity index (χ4n) is 6.21. The van der Waals surface area contributed by atoms with Crippen molar-refractivity contribution in [3.05, 3.63) is 106 Å². The van der Waals surface area contributed by atoms with Crippen LogP contribution in [0.2, 0.25) is 0 Å². The predicted octanol–water partition coefficient (Wildman–Crippen LogP) is 5.13. The van der Waals surface area contributed by atoms with E-state index in [0.717, 1.165) is 52.9 Å². The van der Waals surface area contributed by atoms with Crippen LogP contribution in [-0.4, -0.2) is 54.2 Å². The lowest BCUT2D eigenvalue weighted by Crippen LogP contribution is -2.33. The van der Waals surface area contributed by atoms with Gasteiger partial charge in [-0.3, -0.25) is 14.5 Å². The van der Waals surface area contributed by atoms with Crippen LogP contribution in [0.5, 0.6) is 0 Å². The van der Waals surface area contributed by atoms with Gasteiger partial charge in [-0.1, -0.05) is 35.9 Å². The van der Waals surface area contributed by atoms with Crippen molar-refractivity contribution in [3.63, 3.8) is 0 Å². The van der Waals surface area contributed by atoms with E-state index in [1.165, 1.54) is 15.1 Å². The van der Waals surface area contributed by atoms with Crippen LogP contribution in [0.4, 0.5) is 0 Å². The lowest BCUT2D eigenvalue weighted by molar-refractivity contribution is -0.121. The van der Waals surface area contributed by atoms with E-state index in [1.54, 1.807) is 49.8 Å². The molecule has 3 aromatic carbocycles. The first-order valence-electron chi connectivity index (χ1n) is 15.3. The van der Waals surface area contributed by atoms with Crippen molar-refractivity contribution in [1.82, 2.24) is 19.2 Å². The van der Waals surface area contributed by atoms with Crippen molar-refractivity contribution in [2.24, 2.45) is 5.73 Å². The number of amides is 2. The number of carbonyl (C=O) groups excluding carboxylic acids is 2. The molecule has 10 heteroatoms. The molecule has 0 fully saturated rings. The summed E-state index contributed by atoms with van der Waals surface area (Å²) < 4.78 is 29.2. The van der Waals surface area contributed by atoms with Gasteiger partial charge in [-0.2, -0.15) is 0 Å². The van der Waals surface area contributed by atoms with Gasteiger partial charge in [0.05, 0.1) is 4.90 Å². The molecule has 0 saturated heterocycles. The number of carbonyl (C=O) groups is 2. The number of aryl methyl sites for hydroxylation is 1. The summed E-state index contributed by atoms with van der Waals surface area (Å²) in [6, 6.07) is 18.7. The number of hydrogen-bond donors (Lipinski definition) is 2. The van der Waals surface area contributed by atoms with Crippen molar-refractivity contribution in [1.29, 1.82) is 0 Å². The first kappa shape index (κ1) is 31.2. The number of nitrogens with two attached hydrogens (primary N) is 1. The highest BCUT2D eigenvalue weighted by atomic mass is 32.2. The molecule has 2 aromatic heterocycles. The minimum absolute atomic E-state index is 0.0285. The zero-order valence-corrected chi connectivity index (χ0v) is 27.2. The quantitative estimate of drug-likeness (QED) is 0.244. The summed E-state index contributed by atoms with van der Waals surface area (Å²) in [6.45, 7) is 8.00. The minimum atomic E-state index is -3.98. The normalized spacial score (nSPS) is 13.5. The molecule has 0 radical (unpaired) electrons. The predicted molar refractivity (Wildman–Crippen MR) is 180 cm³/mol. The lowest BCUT2D eigenvalue weighted by Gasteiger charge is -2.29. The highest BCUT2D eigenvalue weighted by Gasteiger charge is 2.25. The molecule has 9 nitrogen and oxygen atoms in total. The Morgan fingerprint density at radius 2 is 1.67 bits per heavy atom. The molecule has 6 rings (SSSR count). The molecular weight excluding hydrogens is 598 g/mol. The van der Waals surface area contributed by atoms with E-state index in [1.807, 2.05) is 32.9 Å². The number of nitrogens with zero attached hydrogens (tertiary/aromatic N) is 3. The minimum Gasteiger partial charge on any atom is -0.366 e. The van der Waals surface area contributed by atoms with Crippen molar-refractivity contribution >= 4 is 32.9 Å². The maximum atomic E-state index is 14.0. The van der Waals surface area contributed by atoms with E-state index in [4.69, 9.17) is 10.7 Å². The maximum absolute atomic E-state index is 14.0. The Labute approximate surface area is 269 Å². The van der Waals surface area contributed by atoms with Crippen LogP contribution in [0.15, 0.2) is 78.0 Å². The molecule has 0 bridgehead atoms. The Balaban J connectivity index is 1.48. The maximum Gasteiger partial charge on any atom is 0.269 e. The number of fused-ring (bicyclic) bond motifs is 2. The van der Waals surface area contributed by atoms with Gasteiger partial charge in [0.2, 0.25) is 11.8 Å². The summed E-state index contributed by atoms with van der Waals surface area (Å²) in [7, 11) is -2.32. The zero-order chi connectivity index (χ0) is 32.7. The second-order valence-corrected chi connectivity index (χ2v) is 13.8. The highest BCUT2D eigenvalue weighted by Crippen LogP contribution is 2.38. The third kappa shape index (κ3) is 5.70. The van der Waals surface area contributed by atoms with Crippen LogP contribution in [0.3, 0.4) is 0 Å². The third-order valence-electron chi connectivity index (χ3n) is 9.10. The van der Waals surface area contributed by atoms with Gasteiger partial charge in [-0.15, -0.1) is 0 Å². The number of aromatic nitrogens is 2. The second-order valence-electron chi connectivity index (χ2n) is 12.0. The summed E-state index contributed by atoms with van der Waals surface area (Å²) in [5.74, 6) is -0.485. The monoisotopic (exact) mass is 635 g/mol. The van der Waals surface area contributed by atoms with Gasteiger partial charge in [0.15, 0.2) is 5.65 Å². The van der Waals surface area contributed by atoms with Crippen molar-refractivity contribution in [2.75, 3.05) is 20.1 Å². The topological polar surface area (TPSA) is 127 Å². The molecule has 236 valence electrons. The molecular formula is C36H37N5O4S. The number of benzene rings is 3. The van der Waals surface area contributed by atoms with Gasteiger partial charge < -0.3 is 11.1 Å². The van der Waals surface area contributed by atoms with Gasteiger partial charge in [-0.05, 0) is 90.9 Å². The Hall–Kier alpha value is -4.80. The summed E-state index contributed by atoms with van der Waals surface area (Å²) in [5.41, 5.74) is 14.7. The van der Waals surface area contributed by atoms with Gasteiger partial charge in [0.25, 0.3) is 10.0 Å². The molecule has 3 heterocycles. The van der Waals surface area contributed by atoms with Crippen LogP contribution in [-0.2, 0) is 27.8 Å².